The van der Waals surface area contributed by atoms with Gasteiger partial charge in [0, 0.05) is 5.56 Å². The number of carbonyl (C=O) groups is 2. The summed E-state index contributed by atoms with van der Waals surface area (Å²) in [5.74, 6) is -3.20. The quantitative estimate of drug-likeness (QED) is 0.378. The van der Waals surface area contributed by atoms with E-state index < -0.39 is 36.0 Å². The second kappa shape index (κ2) is 10.5. The number of para-hydroxylation sites is 4. The number of nitrogens with one attached hydrogen (secondary N) is 2. The maximum absolute atomic E-state index is 12.9. The predicted molar refractivity (Wildman–Crippen MR) is 115 cm³/mol. The molecule has 0 saturated heterocycles. The van der Waals surface area contributed by atoms with Crippen molar-refractivity contribution >= 4 is 23.2 Å². The Morgan fingerprint density at radius 3 is 1.61 bits per heavy atom. The Morgan fingerprint density at radius 1 is 0.667 bits per heavy atom. The number of benzene rings is 3. The Hall–Kier alpha value is -4.42. The average molecular weight is 514 g/mol. The Bertz CT molecular complexity index is 1260. The van der Waals surface area contributed by atoms with Crippen LogP contribution in [0.2, 0.25) is 0 Å². The fourth-order valence-electron chi connectivity index (χ4n) is 2.98. The summed E-state index contributed by atoms with van der Waals surface area (Å²) in [6.07, 6.45) is -10.0. The summed E-state index contributed by atoms with van der Waals surface area (Å²) in [5.41, 5.74) is -1.01. The second-order valence-corrected chi connectivity index (χ2v) is 6.91. The predicted octanol–water partition coefficient (Wildman–Crippen LogP) is 6.00. The van der Waals surface area contributed by atoms with Crippen molar-refractivity contribution in [1.82, 2.24) is 0 Å². The van der Waals surface area contributed by atoms with Gasteiger partial charge in [-0.3, -0.25) is 9.59 Å². The first kappa shape index (κ1) is 26.2. The average Bonchev–Trinajstić information content (AvgIpc) is 2.79. The largest absolute Gasteiger partial charge is 0.573 e. The van der Waals surface area contributed by atoms with Crippen LogP contribution < -0.4 is 24.8 Å². The molecule has 0 aliphatic rings. The molecule has 3 rings (SSSR count). The van der Waals surface area contributed by atoms with Crippen molar-refractivity contribution in [3.05, 3.63) is 77.9 Å². The van der Waals surface area contributed by atoms with Crippen LogP contribution in [-0.2, 0) is 0 Å². The first-order chi connectivity index (χ1) is 16.9. The van der Waals surface area contributed by atoms with E-state index in [4.69, 9.17) is 4.74 Å². The first-order valence-corrected chi connectivity index (χ1v) is 9.86. The highest BCUT2D eigenvalue weighted by molar-refractivity contribution is 6.10. The van der Waals surface area contributed by atoms with Gasteiger partial charge in [0.25, 0.3) is 11.8 Å². The number of methoxy groups -OCH3 is 1. The Labute approximate surface area is 199 Å². The molecule has 2 N–H and O–H groups in total. The topological polar surface area (TPSA) is 85.9 Å². The molecule has 2 amide bonds. The van der Waals surface area contributed by atoms with Crippen molar-refractivity contribution in [3.63, 3.8) is 0 Å². The molecular formula is C23H16F6N2O5. The molecule has 36 heavy (non-hydrogen) atoms. The van der Waals surface area contributed by atoms with E-state index in [1.165, 1.54) is 55.6 Å². The highest BCUT2D eigenvalue weighted by Crippen LogP contribution is 2.32. The normalized spacial score (nSPS) is 11.4. The van der Waals surface area contributed by atoms with E-state index >= 15 is 0 Å². The fraction of sp³-hybridized carbons (Fsp3) is 0.130. The smallest absolute Gasteiger partial charge is 0.496 e. The standard InChI is InChI=1S/C23H16F6N2O5/c1-34-17-11-10-13(20(32)30-15-6-2-4-8-18(15)35-22(24,25)26)12-14(17)21(33)31-16-7-3-5-9-19(16)36-23(27,28)29/h2-12H,1H3,(H,30,32)(H,31,33). The SMILES string of the molecule is COc1ccc(C(=O)Nc2ccccc2OC(F)(F)F)cc1C(=O)Nc1ccccc1OC(F)(F)F. The van der Waals surface area contributed by atoms with Crippen LogP contribution in [0.4, 0.5) is 37.7 Å². The van der Waals surface area contributed by atoms with Gasteiger partial charge in [0.2, 0.25) is 0 Å². The molecule has 7 nitrogen and oxygen atoms in total. The molecule has 0 heterocycles. The Balaban J connectivity index is 1.87. The molecule has 190 valence electrons. The van der Waals surface area contributed by atoms with Crippen LogP contribution in [0, 0.1) is 0 Å². The van der Waals surface area contributed by atoms with Crippen LogP contribution in [0.15, 0.2) is 66.7 Å². The Morgan fingerprint density at radius 2 is 1.14 bits per heavy atom. The van der Waals surface area contributed by atoms with Crippen LogP contribution in [0.25, 0.3) is 0 Å². The summed E-state index contributed by atoms with van der Waals surface area (Å²) < 4.78 is 88.8. The van der Waals surface area contributed by atoms with E-state index in [0.29, 0.717) is 0 Å². The number of hydrogen-bond acceptors (Lipinski definition) is 5. The lowest BCUT2D eigenvalue weighted by Gasteiger charge is -2.16. The van der Waals surface area contributed by atoms with Crippen molar-refractivity contribution in [1.29, 1.82) is 0 Å². The minimum atomic E-state index is -5.01. The molecule has 13 heteroatoms. The highest BCUT2D eigenvalue weighted by Gasteiger charge is 2.33. The third kappa shape index (κ3) is 7.04. The summed E-state index contributed by atoms with van der Waals surface area (Å²) in [6.45, 7) is 0. The van der Waals surface area contributed by atoms with E-state index in [1.807, 2.05) is 0 Å². The molecule has 3 aromatic rings. The number of halogens is 6. The molecule has 0 aromatic heterocycles. The first-order valence-electron chi connectivity index (χ1n) is 9.86. The van der Waals surface area contributed by atoms with Crippen molar-refractivity contribution in [2.45, 2.75) is 12.7 Å². The highest BCUT2D eigenvalue weighted by atomic mass is 19.4. The van der Waals surface area contributed by atoms with E-state index in [2.05, 4.69) is 20.1 Å². The molecule has 0 saturated carbocycles. The third-order valence-corrected chi connectivity index (χ3v) is 4.43. The zero-order chi connectivity index (χ0) is 26.5. The van der Waals surface area contributed by atoms with Crippen molar-refractivity contribution in [2.75, 3.05) is 17.7 Å². The van der Waals surface area contributed by atoms with Gasteiger partial charge < -0.3 is 24.8 Å². The van der Waals surface area contributed by atoms with Crippen molar-refractivity contribution < 1.29 is 50.1 Å². The number of alkyl halides is 6. The van der Waals surface area contributed by atoms with E-state index in [9.17, 15) is 35.9 Å². The van der Waals surface area contributed by atoms with Crippen LogP contribution >= 0.6 is 0 Å². The summed E-state index contributed by atoms with van der Waals surface area (Å²) in [4.78, 5) is 25.6. The van der Waals surface area contributed by atoms with Crippen molar-refractivity contribution in [2.24, 2.45) is 0 Å². The Kier molecular flexibility index (Phi) is 7.61. The van der Waals surface area contributed by atoms with Crippen LogP contribution in [0.1, 0.15) is 20.7 Å². The van der Waals surface area contributed by atoms with Gasteiger partial charge in [0.05, 0.1) is 24.0 Å². The van der Waals surface area contributed by atoms with Gasteiger partial charge in [-0.15, -0.1) is 26.3 Å². The lowest BCUT2D eigenvalue weighted by Crippen LogP contribution is -2.21. The van der Waals surface area contributed by atoms with Crippen LogP contribution in [-0.4, -0.2) is 31.6 Å². The molecule has 0 unspecified atom stereocenters. The molecule has 0 bridgehead atoms. The van der Waals surface area contributed by atoms with Crippen LogP contribution in [0.5, 0.6) is 17.2 Å². The zero-order valence-corrected chi connectivity index (χ0v) is 18.2. The monoisotopic (exact) mass is 514 g/mol. The van der Waals surface area contributed by atoms with Gasteiger partial charge in [0.1, 0.15) is 5.75 Å². The third-order valence-electron chi connectivity index (χ3n) is 4.43. The van der Waals surface area contributed by atoms with Gasteiger partial charge in [-0.1, -0.05) is 24.3 Å². The minimum absolute atomic E-state index is 0.0286. The van der Waals surface area contributed by atoms with Crippen LogP contribution in [0.3, 0.4) is 0 Å². The van der Waals surface area contributed by atoms with Gasteiger partial charge in [0.15, 0.2) is 11.5 Å². The fourth-order valence-corrected chi connectivity index (χ4v) is 2.98. The number of anilines is 2. The van der Waals surface area contributed by atoms with Gasteiger partial charge >= 0.3 is 12.7 Å². The van der Waals surface area contributed by atoms with Gasteiger partial charge in [-0.25, -0.2) is 0 Å². The number of ether oxygens (including phenoxy) is 3. The minimum Gasteiger partial charge on any atom is -0.496 e. The van der Waals surface area contributed by atoms with E-state index in [1.54, 1.807) is 0 Å². The molecule has 0 aliphatic heterocycles. The van der Waals surface area contributed by atoms with E-state index in [0.717, 1.165) is 18.2 Å². The molecule has 0 fully saturated rings. The summed E-state index contributed by atoms with van der Waals surface area (Å²) in [5, 5.41) is 4.51. The number of carbonyl (C=O) groups excluding carboxylic acids is 2. The number of rotatable bonds is 7. The number of amides is 2. The second-order valence-electron chi connectivity index (χ2n) is 6.91. The maximum Gasteiger partial charge on any atom is 0.573 e. The summed E-state index contributed by atoms with van der Waals surface area (Å²) in [7, 11) is 1.22. The van der Waals surface area contributed by atoms with Gasteiger partial charge in [-0.05, 0) is 42.5 Å². The lowest BCUT2D eigenvalue weighted by atomic mass is 10.1. The molecule has 0 spiro atoms. The summed E-state index contributed by atoms with van der Waals surface area (Å²) >= 11 is 0. The maximum atomic E-state index is 12.9. The van der Waals surface area contributed by atoms with E-state index in [-0.39, 0.29) is 28.3 Å². The number of hydrogen-bond donors (Lipinski definition) is 2. The molecular weight excluding hydrogens is 498 g/mol. The molecule has 3 aromatic carbocycles. The molecule has 0 radical (unpaired) electrons. The molecule has 0 aliphatic carbocycles. The van der Waals surface area contributed by atoms with Crippen molar-refractivity contribution in [3.8, 4) is 17.2 Å². The lowest BCUT2D eigenvalue weighted by molar-refractivity contribution is -0.275. The summed E-state index contributed by atoms with van der Waals surface area (Å²) in [6, 6.07) is 13.1. The van der Waals surface area contributed by atoms with Gasteiger partial charge in [-0.2, -0.15) is 0 Å². The molecule has 0 atom stereocenters. The zero-order valence-electron chi connectivity index (χ0n) is 18.2.